The van der Waals surface area contributed by atoms with E-state index in [2.05, 4.69) is 21.4 Å². The molecule has 2 aromatic heterocycles. The van der Waals surface area contributed by atoms with E-state index in [4.69, 9.17) is 11.6 Å². The minimum atomic E-state index is -0.268. The van der Waals surface area contributed by atoms with Crippen molar-refractivity contribution in [2.45, 2.75) is 18.8 Å². The van der Waals surface area contributed by atoms with Crippen LogP contribution in [0.5, 0.6) is 0 Å². The summed E-state index contributed by atoms with van der Waals surface area (Å²) in [5.41, 5.74) is 3.58. The third-order valence-electron chi connectivity index (χ3n) is 4.48. The van der Waals surface area contributed by atoms with Crippen molar-refractivity contribution in [3.05, 3.63) is 53.1 Å². The lowest BCUT2D eigenvalue weighted by molar-refractivity contribution is 0.456. The predicted molar refractivity (Wildman–Crippen MR) is 91.3 cm³/mol. The second-order valence-electron chi connectivity index (χ2n) is 6.02. The Morgan fingerprint density at radius 2 is 2.17 bits per heavy atom. The minimum absolute atomic E-state index is 0.268. The Balaban J connectivity index is 1.86. The number of benzene rings is 1. The van der Waals surface area contributed by atoms with E-state index in [9.17, 15) is 4.39 Å². The number of nitrogens with one attached hydrogen (secondary N) is 2. The molecule has 3 heterocycles. The van der Waals surface area contributed by atoms with Crippen LogP contribution in [0.15, 0.2) is 36.5 Å². The predicted octanol–water partition coefficient (Wildman–Crippen LogP) is 4.49. The number of hydrogen-bond donors (Lipinski definition) is 2. The molecule has 1 fully saturated rings. The van der Waals surface area contributed by atoms with Gasteiger partial charge in [0.1, 0.15) is 11.5 Å². The fraction of sp³-hybridized carbons (Fsp3) is 0.278. The lowest BCUT2D eigenvalue weighted by atomic mass is 9.95. The first-order valence-electron chi connectivity index (χ1n) is 7.86. The summed E-state index contributed by atoms with van der Waals surface area (Å²) in [6.07, 6.45) is 3.96. The fourth-order valence-corrected chi connectivity index (χ4v) is 3.61. The molecular formula is C18H17ClFN3. The molecule has 1 atom stereocenters. The van der Waals surface area contributed by atoms with Crippen molar-refractivity contribution in [1.29, 1.82) is 0 Å². The van der Waals surface area contributed by atoms with Gasteiger partial charge in [0.2, 0.25) is 0 Å². The van der Waals surface area contributed by atoms with Gasteiger partial charge in [-0.15, -0.1) is 0 Å². The third kappa shape index (κ3) is 2.73. The summed E-state index contributed by atoms with van der Waals surface area (Å²) < 4.78 is 13.6. The van der Waals surface area contributed by atoms with E-state index in [0.717, 1.165) is 41.7 Å². The van der Waals surface area contributed by atoms with E-state index >= 15 is 0 Å². The normalized spacial score (nSPS) is 18.4. The molecular weight excluding hydrogens is 313 g/mol. The summed E-state index contributed by atoms with van der Waals surface area (Å²) in [6.45, 7) is 2.05. The number of rotatable bonds is 2. The largest absolute Gasteiger partial charge is 0.343 e. The highest BCUT2D eigenvalue weighted by atomic mass is 35.5. The van der Waals surface area contributed by atoms with Gasteiger partial charge in [0.25, 0.3) is 0 Å². The van der Waals surface area contributed by atoms with Crippen LogP contribution < -0.4 is 5.32 Å². The van der Waals surface area contributed by atoms with Gasteiger partial charge in [-0.1, -0.05) is 23.7 Å². The maximum Gasteiger partial charge on any atom is 0.138 e. The highest BCUT2D eigenvalue weighted by Gasteiger charge is 2.19. The van der Waals surface area contributed by atoms with E-state index in [1.54, 1.807) is 12.3 Å². The van der Waals surface area contributed by atoms with Crippen molar-refractivity contribution in [3.8, 4) is 11.1 Å². The lowest BCUT2D eigenvalue weighted by Gasteiger charge is -2.21. The van der Waals surface area contributed by atoms with Crippen molar-refractivity contribution in [3.63, 3.8) is 0 Å². The molecule has 0 aliphatic carbocycles. The zero-order valence-corrected chi connectivity index (χ0v) is 13.3. The number of aromatic amines is 1. The summed E-state index contributed by atoms with van der Waals surface area (Å²) in [4.78, 5) is 7.82. The summed E-state index contributed by atoms with van der Waals surface area (Å²) in [5.74, 6) is 0.188. The summed E-state index contributed by atoms with van der Waals surface area (Å²) in [6, 6.07) is 8.64. The molecule has 0 bridgehead atoms. The quantitative estimate of drug-likeness (QED) is 0.727. The number of pyridine rings is 1. The Morgan fingerprint density at radius 3 is 2.96 bits per heavy atom. The van der Waals surface area contributed by atoms with Gasteiger partial charge in [0.15, 0.2) is 0 Å². The second kappa shape index (κ2) is 5.95. The van der Waals surface area contributed by atoms with Crippen LogP contribution in [0.2, 0.25) is 5.02 Å². The Bertz CT molecular complexity index is 853. The van der Waals surface area contributed by atoms with Gasteiger partial charge in [0, 0.05) is 35.3 Å². The maximum absolute atomic E-state index is 13.6. The monoisotopic (exact) mass is 329 g/mol. The molecule has 0 radical (unpaired) electrons. The SMILES string of the molecule is Fc1cccc(-c2c(Cl)cnc3[nH]c([C@@H]4CCCNC4)cc23)c1. The number of nitrogens with zero attached hydrogens (tertiary/aromatic N) is 1. The molecule has 23 heavy (non-hydrogen) atoms. The molecule has 1 aliphatic rings. The third-order valence-corrected chi connectivity index (χ3v) is 4.77. The van der Waals surface area contributed by atoms with Gasteiger partial charge >= 0.3 is 0 Å². The lowest BCUT2D eigenvalue weighted by Crippen LogP contribution is -2.28. The molecule has 118 valence electrons. The molecule has 0 saturated carbocycles. The fourth-order valence-electron chi connectivity index (χ4n) is 3.35. The topological polar surface area (TPSA) is 40.7 Å². The Morgan fingerprint density at radius 1 is 1.26 bits per heavy atom. The first-order valence-corrected chi connectivity index (χ1v) is 8.24. The van der Waals surface area contributed by atoms with Crippen LogP contribution in [0, 0.1) is 5.82 Å². The number of aromatic nitrogens is 2. The van der Waals surface area contributed by atoms with Crippen LogP contribution in [-0.2, 0) is 0 Å². The van der Waals surface area contributed by atoms with Crippen LogP contribution >= 0.6 is 11.6 Å². The number of hydrogen-bond acceptors (Lipinski definition) is 2. The van der Waals surface area contributed by atoms with E-state index < -0.39 is 0 Å². The first kappa shape index (κ1) is 14.7. The van der Waals surface area contributed by atoms with E-state index in [-0.39, 0.29) is 5.82 Å². The van der Waals surface area contributed by atoms with Gasteiger partial charge in [-0.3, -0.25) is 0 Å². The van der Waals surface area contributed by atoms with Gasteiger partial charge < -0.3 is 10.3 Å². The molecule has 2 N–H and O–H groups in total. The van der Waals surface area contributed by atoms with E-state index in [1.807, 2.05) is 6.07 Å². The minimum Gasteiger partial charge on any atom is -0.343 e. The average molecular weight is 330 g/mol. The molecule has 1 saturated heterocycles. The van der Waals surface area contributed by atoms with Crippen LogP contribution in [0.3, 0.4) is 0 Å². The molecule has 4 rings (SSSR count). The van der Waals surface area contributed by atoms with Gasteiger partial charge in [-0.2, -0.15) is 0 Å². The van der Waals surface area contributed by atoms with Crippen molar-refractivity contribution in [2.75, 3.05) is 13.1 Å². The van der Waals surface area contributed by atoms with Crippen molar-refractivity contribution < 1.29 is 4.39 Å². The van der Waals surface area contributed by atoms with Gasteiger partial charge in [-0.05, 0) is 43.1 Å². The zero-order chi connectivity index (χ0) is 15.8. The number of piperidine rings is 1. The van der Waals surface area contributed by atoms with Crippen molar-refractivity contribution in [2.24, 2.45) is 0 Å². The molecule has 3 nitrogen and oxygen atoms in total. The number of H-pyrrole nitrogens is 1. The summed E-state index contributed by atoms with van der Waals surface area (Å²) in [5, 5.41) is 4.91. The van der Waals surface area contributed by atoms with Crippen molar-refractivity contribution >= 4 is 22.6 Å². The van der Waals surface area contributed by atoms with Crippen LogP contribution in [0.1, 0.15) is 24.5 Å². The Kier molecular flexibility index (Phi) is 3.79. The first-order chi connectivity index (χ1) is 11.2. The number of fused-ring (bicyclic) bond motifs is 1. The van der Waals surface area contributed by atoms with Crippen LogP contribution in [-0.4, -0.2) is 23.1 Å². The standard InChI is InChI=1S/C18H17ClFN3/c19-15-10-22-18-14(17(15)11-3-1-5-13(20)7-11)8-16(23-18)12-4-2-6-21-9-12/h1,3,5,7-8,10,12,21H,2,4,6,9H2,(H,22,23)/t12-/m1/s1. The molecule has 3 aromatic rings. The van der Waals surface area contributed by atoms with E-state index in [1.165, 1.54) is 24.2 Å². The maximum atomic E-state index is 13.6. The van der Waals surface area contributed by atoms with Gasteiger partial charge in [-0.25, -0.2) is 9.37 Å². The highest BCUT2D eigenvalue weighted by Crippen LogP contribution is 2.36. The molecule has 1 aromatic carbocycles. The van der Waals surface area contributed by atoms with E-state index in [0.29, 0.717) is 10.9 Å². The molecule has 0 spiro atoms. The van der Waals surface area contributed by atoms with Crippen LogP contribution in [0.25, 0.3) is 22.2 Å². The summed E-state index contributed by atoms with van der Waals surface area (Å²) >= 11 is 6.37. The highest BCUT2D eigenvalue weighted by molar-refractivity contribution is 6.34. The summed E-state index contributed by atoms with van der Waals surface area (Å²) in [7, 11) is 0. The zero-order valence-electron chi connectivity index (χ0n) is 12.6. The molecule has 5 heteroatoms. The Labute approximate surface area is 138 Å². The molecule has 1 aliphatic heterocycles. The molecule has 0 amide bonds. The smallest absolute Gasteiger partial charge is 0.138 e. The average Bonchev–Trinajstić information content (AvgIpc) is 2.99. The van der Waals surface area contributed by atoms with Crippen molar-refractivity contribution in [1.82, 2.24) is 15.3 Å². The molecule has 0 unspecified atom stereocenters. The Hall–Kier alpha value is -1.91. The van der Waals surface area contributed by atoms with Crippen LogP contribution in [0.4, 0.5) is 4.39 Å². The number of halogens is 2. The second-order valence-corrected chi connectivity index (χ2v) is 6.43. The van der Waals surface area contributed by atoms with Gasteiger partial charge in [0.05, 0.1) is 5.02 Å².